The molecule has 1 aromatic rings. The van der Waals surface area contributed by atoms with E-state index in [1.165, 1.54) is 6.07 Å². The summed E-state index contributed by atoms with van der Waals surface area (Å²) < 4.78 is 18.1. The Hall–Kier alpha value is -0.810. The van der Waals surface area contributed by atoms with Gasteiger partial charge in [-0.1, -0.05) is 6.07 Å². The van der Waals surface area contributed by atoms with Gasteiger partial charge in [0.25, 0.3) is 0 Å². The number of cyclic esters (lactones) is 1. The zero-order chi connectivity index (χ0) is 10.8. The van der Waals surface area contributed by atoms with Gasteiger partial charge in [-0.05, 0) is 33.6 Å². The topological polar surface area (TPSA) is 38.3 Å². The molecule has 0 aliphatic carbocycles. The molecule has 0 unspecified atom stereocenters. The number of benzene rings is 1. The summed E-state index contributed by atoms with van der Waals surface area (Å²) in [5, 5.41) is 2.67. The van der Waals surface area contributed by atoms with E-state index >= 15 is 0 Å². The summed E-state index contributed by atoms with van der Waals surface area (Å²) in [6.45, 7) is 0.394. The van der Waals surface area contributed by atoms with E-state index in [0.717, 1.165) is 5.56 Å². The van der Waals surface area contributed by atoms with Crippen molar-refractivity contribution in [2.24, 2.45) is 0 Å². The van der Waals surface area contributed by atoms with Crippen LogP contribution in [0.5, 0.6) is 0 Å². The average Bonchev–Trinajstić information content (AvgIpc) is 2.22. The first-order chi connectivity index (χ1) is 7.16. The summed E-state index contributed by atoms with van der Waals surface area (Å²) in [5.74, 6) is -0.308. The molecular weight excluding hydrogens is 300 g/mol. The summed E-state index contributed by atoms with van der Waals surface area (Å²) in [5.41, 5.74) is 0.875. The molecule has 1 heterocycles. The first-order valence-electron chi connectivity index (χ1n) is 4.55. The van der Waals surface area contributed by atoms with E-state index in [1.807, 2.05) is 0 Å². The fourth-order valence-corrected chi connectivity index (χ4v) is 1.90. The number of alkyl carbamates (subject to hydrolysis) is 1. The third-order valence-corrected chi connectivity index (χ3v) is 2.89. The van der Waals surface area contributed by atoms with Crippen molar-refractivity contribution >= 4 is 34.4 Å². The van der Waals surface area contributed by atoms with Crippen molar-refractivity contribution in [1.29, 1.82) is 0 Å². The van der Waals surface area contributed by atoms with E-state index in [4.69, 9.17) is 4.74 Å². The van der Waals surface area contributed by atoms with Gasteiger partial charge in [0.15, 0.2) is 0 Å². The predicted molar refractivity (Wildman–Crippen MR) is 63.2 cm³/mol. The first kappa shape index (κ1) is 13.3. The summed E-state index contributed by atoms with van der Waals surface area (Å²) in [6, 6.07) is 4.62. The third kappa shape index (κ3) is 2.86. The Morgan fingerprint density at radius 2 is 2.25 bits per heavy atom. The van der Waals surface area contributed by atoms with E-state index in [1.54, 1.807) is 12.1 Å². The van der Waals surface area contributed by atoms with Gasteiger partial charge in [0.05, 0.1) is 17.1 Å². The van der Waals surface area contributed by atoms with E-state index < -0.39 is 6.09 Å². The normalized spacial score (nSPS) is 19.4. The quantitative estimate of drug-likeness (QED) is 0.865. The van der Waals surface area contributed by atoms with Crippen molar-refractivity contribution in [3.8, 4) is 0 Å². The number of ether oxygens (including phenoxy) is 1. The Kier molecular flexibility index (Phi) is 4.56. The maximum atomic E-state index is 13.0. The average molecular weight is 311 g/mol. The zero-order valence-corrected chi connectivity index (χ0v) is 10.6. The molecule has 1 aromatic carbocycles. The van der Waals surface area contributed by atoms with Crippen molar-refractivity contribution in [3.05, 3.63) is 34.1 Å². The van der Waals surface area contributed by atoms with Crippen molar-refractivity contribution in [1.82, 2.24) is 5.32 Å². The van der Waals surface area contributed by atoms with Crippen molar-refractivity contribution in [2.75, 3.05) is 6.61 Å². The van der Waals surface area contributed by atoms with Crippen molar-refractivity contribution in [2.45, 2.75) is 12.5 Å². The molecule has 0 aromatic heterocycles. The van der Waals surface area contributed by atoms with Crippen LogP contribution in [0.3, 0.4) is 0 Å². The Morgan fingerprint density at radius 3 is 2.88 bits per heavy atom. The number of carbonyl (C=O) groups excluding carboxylic acids is 1. The maximum absolute atomic E-state index is 13.0. The Morgan fingerprint density at radius 1 is 1.50 bits per heavy atom. The Balaban J connectivity index is 0.00000128. The molecule has 3 nitrogen and oxygen atoms in total. The number of rotatable bonds is 1. The van der Waals surface area contributed by atoms with E-state index in [0.29, 0.717) is 17.5 Å². The van der Waals surface area contributed by atoms with Crippen LogP contribution < -0.4 is 5.32 Å². The van der Waals surface area contributed by atoms with Crippen molar-refractivity contribution in [3.63, 3.8) is 0 Å². The molecule has 0 spiro atoms. The van der Waals surface area contributed by atoms with Crippen LogP contribution >= 0.6 is 28.3 Å². The molecule has 2 rings (SSSR count). The third-order valence-electron chi connectivity index (χ3n) is 2.28. The minimum atomic E-state index is -0.424. The minimum absolute atomic E-state index is 0. The molecule has 1 amide bonds. The highest BCUT2D eigenvalue weighted by atomic mass is 79.9. The maximum Gasteiger partial charge on any atom is 0.407 e. The Bertz CT molecular complexity index is 402. The van der Waals surface area contributed by atoms with Gasteiger partial charge < -0.3 is 10.1 Å². The fraction of sp³-hybridized carbons (Fsp3) is 0.300. The van der Waals surface area contributed by atoms with Crippen LogP contribution in [0.25, 0.3) is 0 Å². The Labute approximate surface area is 107 Å². The van der Waals surface area contributed by atoms with Gasteiger partial charge in [-0.3, -0.25) is 0 Å². The number of halogens is 3. The molecule has 1 N–H and O–H groups in total. The largest absolute Gasteiger partial charge is 0.449 e. The fourth-order valence-electron chi connectivity index (χ4n) is 1.50. The van der Waals surface area contributed by atoms with Gasteiger partial charge >= 0.3 is 6.09 Å². The van der Waals surface area contributed by atoms with Crippen LogP contribution in [0.1, 0.15) is 18.0 Å². The standard InChI is InChI=1S/C10H9BrFNO2.ClH/c11-7-5-6(1-2-8(7)12)9-3-4-15-10(14)13-9;/h1-2,5,9H,3-4H2,(H,13,14);1H/t9-;/m1./s1. The molecular formula is C10H10BrClFNO2. The lowest BCUT2D eigenvalue weighted by atomic mass is 10.0. The lowest BCUT2D eigenvalue weighted by Crippen LogP contribution is -2.35. The van der Waals surface area contributed by atoms with Gasteiger partial charge in [0.1, 0.15) is 5.82 Å². The number of amides is 1. The molecule has 1 fully saturated rings. The number of nitrogens with one attached hydrogen (secondary N) is 1. The SMILES string of the molecule is Cl.O=C1N[C@@H](c2ccc(F)c(Br)c2)CCO1. The van der Waals surface area contributed by atoms with Gasteiger partial charge in [0.2, 0.25) is 0 Å². The van der Waals surface area contributed by atoms with Crippen LogP contribution in [0.15, 0.2) is 22.7 Å². The highest BCUT2D eigenvalue weighted by molar-refractivity contribution is 9.10. The molecule has 0 radical (unpaired) electrons. The molecule has 88 valence electrons. The highest BCUT2D eigenvalue weighted by Gasteiger charge is 2.21. The lowest BCUT2D eigenvalue weighted by Gasteiger charge is -2.23. The first-order valence-corrected chi connectivity index (χ1v) is 5.34. The predicted octanol–water partition coefficient (Wildman–Crippen LogP) is 3.18. The van der Waals surface area contributed by atoms with Crippen LogP contribution in [-0.2, 0) is 4.74 Å². The molecule has 1 aliphatic rings. The molecule has 6 heteroatoms. The van der Waals surface area contributed by atoms with Crippen LogP contribution in [-0.4, -0.2) is 12.7 Å². The summed E-state index contributed by atoms with van der Waals surface area (Å²) in [6.07, 6.45) is 0.274. The second-order valence-electron chi connectivity index (χ2n) is 3.30. The van der Waals surface area contributed by atoms with E-state index in [-0.39, 0.29) is 24.3 Å². The monoisotopic (exact) mass is 309 g/mol. The molecule has 0 saturated carbocycles. The van der Waals surface area contributed by atoms with E-state index in [2.05, 4.69) is 21.2 Å². The van der Waals surface area contributed by atoms with Gasteiger partial charge in [0, 0.05) is 6.42 Å². The number of hydrogen-bond donors (Lipinski definition) is 1. The molecule has 0 bridgehead atoms. The summed E-state index contributed by atoms with van der Waals surface area (Å²) in [4.78, 5) is 11.0. The van der Waals surface area contributed by atoms with Gasteiger partial charge in [-0.2, -0.15) is 0 Å². The lowest BCUT2D eigenvalue weighted by molar-refractivity contribution is 0.115. The number of hydrogen-bond acceptors (Lipinski definition) is 2. The summed E-state index contributed by atoms with van der Waals surface area (Å²) >= 11 is 3.11. The minimum Gasteiger partial charge on any atom is -0.449 e. The molecule has 1 aliphatic heterocycles. The second kappa shape index (κ2) is 5.50. The van der Waals surface area contributed by atoms with Crippen LogP contribution in [0.4, 0.5) is 9.18 Å². The second-order valence-corrected chi connectivity index (χ2v) is 4.15. The van der Waals surface area contributed by atoms with Gasteiger partial charge in [-0.15, -0.1) is 12.4 Å². The highest BCUT2D eigenvalue weighted by Crippen LogP contribution is 2.24. The van der Waals surface area contributed by atoms with Crippen LogP contribution in [0.2, 0.25) is 0 Å². The van der Waals surface area contributed by atoms with Crippen molar-refractivity contribution < 1.29 is 13.9 Å². The molecule has 16 heavy (non-hydrogen) atoms. The molecule has 1 atom stereocenters. The van der Waals surface area contributed by atoms with Gasteiger partial charge in [-0.25, -0.2) is 9.18 Å². The van der Waals surface area contributed by atoms with Crippen LogP contribution in [0, 0.1) is 5.82 Å². The zero-order valence-electron chi connectivity index (χ0n) is 8.20. The van der Waals surface area contributed by atoms with E-state index in [9.17, 15) is 9.18 Å². The number of carbonyl (C=O) groups is 1. The molecule has 1 saturated heterocycles. The smallest absolute Gasteiger partial charge is 0.407 e. The summed E-state index contributed by atoms with van der Waals surface area (Å²) in [7, 11) is 0.